The third kappa shape index (κ3) is 9.16. The third-order valence-electron chi connectivity index (χ3n) is 12.5. The standard InChI is InChI=1S/C63H48N4S2/c1-3-5-13-44(4-2)46-20-32-52(33-21-46)66(56-40-28-50(29-41-56)62-64-58-16-9-11-18-60(58)68-62)54-36-24-48(25-37-54)49-26-38-55(39-27-49)67(53-34-22-47(23-35-53)45-14-7-6-8-15-45)57-42-30-51(31-43-57)63-65-59-17-10-12-19-61(59)69-63/h4-43H,3H2,1-2H3/b13-5-,44-4+. The van der Waals surface area contributed by atoms with Crippen LogP contribution < -0.4 is 9.80 Å². The van der Waals surface area contributed by atoms with Crippen molar-refractivity contribution in [2.45, 2.75) is 20.3 Å². The average Bonchev–Trinajstić information content (AvgIpc) is 4.06. The van der Waals surface area contributed by atoms with E-state index < -0.39 is 0 Å². The quantitative estimate of drug-likeness (QED) is 0.108. The maximum Gasteiger partial charge on any atom is 0.124 e. The molecule has 0 saturated heterocycles. The van der Waals surface area contributed by atoms with Crippen molar-refractivity contribution in [3.05, 3.63) is 248 Å². The molecule has 0 amide bonds. The topological polar surface area (TPSA) is 32.3 Å². The molecule has 0 N–H and O–H groups in total. The van der Waals surface area contributed by atoms with Crippen LogP contribution in [0, 0.1) is 0 Å². The van der Waals surface area contributed by atoms with E-state index in [9.17, 15) is 0 Å². The van der Waals surface area contributed by atoms with Gasteiger partial charge in [0.05, 0.1) is 20.4 Å². The fraction of sp³-hybridized carbons (Fsp3) is 0.0476. The van der Waals surface area contributed by atoms with Gasteiger partial charge in [-0.15, -0.1) is 22.7 Å². The number of thiazole rings is 2. The van der Waals surface area contributed by atoms with Crippen molar-refractivity contribution >= 4 is 82.8 Å². The van der Waals surface area contributed by atoms with Gasteiger partial charge in [0.25, 0.3) is 0 Å². The fourth-order valence-electron chi connectivity index (χ4n) is 8.84. The molecule has 0 saturated carbocycles. The number of aromatic nitrogens is 2. The van der Waals surface area contributed by atoms with Gasteiger partial charge in [0, 0.05) is 45.3 Å². The van der Waals surface area contributed by atoms with Crippen LogP contribution in [0.5, 0.6) is 0 Å². The Labute approximate surface area is 412 Å². The molecule has 0 aliphatic heterocycles. The third-order valence-corrected chi connectivity index (χ3v) is 14.6. The zero-order valence-corrected chi connectivity index (χ0v) is 40.0. The second-order valence-electron chi connectivity index (χ2n) is 16.8. The predicted octanol–water partition coefficient (Wildman–Crippen LogP) is 18.9. The Balaban J connectivity index is 0.904. The molecule has 0 unspecified atom stereocenters. The average molecular weight is 925 g/mol. The van der Waals surface area contributed by atoms with E-state index in [2.05, 4.69) is 254 Å². The molecular formula is C63H48N4S2. The summed E-state index contributed by atoms with van der Waals surface area (Å²) >= 11 is 3.46. The highest BCUT2D eigenvalue weighted by Crippen LogP contribution is 2.41. The van der Waals surface area contributed by atoms with E-state index in [4.69, 9.17) is 9.97 Å². The van der Waals surface area contributed by atoms with Gasteiger partial charge in [0.15, 0.2) is 0 Å². The molecule has 0 radical (unpaired) electrons. The summed E-state index contributed by atoms with van der Waals surface area (Å²) in [4.78, 5) is 14.5. The molecule has 0 atom stereocenters. The summed E-state index contributed by atoms with van der Waals surface area (Å²) in [6, 6.07) is 80.4. The number of nitrogens with zero attached hydrogens (tertiary/aromatic N) is 4. The van der Waals surface area contributed by atoms with Gasteiger partial charge in [0.2, 0.25) is 0 Å². The molecular weight excluding hydrogens is 877 g/mol. The fourth-order valence-corrected chi connectivity index (χ4v) is 10.8. The van der Waals surface area contributed by atoms with Crippen molar-refractivity contribution < 1.29 is 0 Å². The zero-order valence-electron chi connectivity index (χ0n) is 38.4. The smallest absolute Gasteiger partial charge is 0.124 e. The molecule has 0 spiro atoms. The van der Waals surface area contributed by atoms with Gasteiger partial charge >= 0.3 is 0 Å². The number of anilines is 6. The minimum Gasteiger partial charge on any atom is -0.311 e. The molecule has 332 valence electrons. The Morgan fingerprint density at radius 3 is 1.09 bits per heavy atom. The lowest BCUT2D eigenvalue weighted by Gasteiger charge is -2.26. The lowest BCUT2D eigenvalue weighted by Crippen LogP contribution is -2.10. The normalized spacial score (nSPS) is 11.7. The number of hydrogen-bond acceptors (Lipinski definition) is 6. The van der Waals surface area contributed by atoms with Crippen LogP contribution >= 0.6 is 22.7 Å². The Morgan fingerprint density at radius 1 is 0.391 bits per heavy atom. The summed E-state index contributed by atoms with van der Waals surface area (Å²) in [7, 11) is 0. The Kier molecular flexibility index (Phi) is 12.3. The summed E-state index contributed by atoms with van der Waals surface area (Å²) in [5.41, 5.74) is 17.8. The molecule has 69 heavy (non-hydrogen) atoms. The highest BCUT2D eigenvalue weighted by atomic mass is 32.1. The first-order valence-corrected chi connectivity index (χ1v) is 25.0. The molecule has 0 aliphatic carbocycles. The molecule has 0 fully saturated rings. The number of hydrogen-bond donors (Lipinski definition) is 0. The van der Waals surface area contributed by atoms with Crippen molar-refractivity contribution in [1.82, 2.24) is 9.97 Å². The maximum atomic E-state index is 4.94. The van der Waals surface area contributed by atoms with E-state index in [-0.39, 0.29) is 0 Å². The zero-order chi connectivity index (χ0) is 46.5. The van der Waals surface area contributed by atoms with Gasteiger partial charge < -0.3 is 9.80 Å². The van der Waals surface area contributed by atoms with E-state index in [1.807, 2.05) is 12.1 Å². The lowest BCUT2D eigenvalue weighted by atomic mass is 10.0. The Bertz CT molecular complexity index is 3490. The first-order valence-electron chi connectivity index (χ1n) is 23.4. The number of rotatable bonds is 13. The Hall–Kier alpha value is -8.16. The number of benzene rings is 9. The van der Waals surface area contributed by atoms with E-state index in [1.165, 1.54) is 31.7 Å². The highest BCUT2D eigenvalue weighted by Gasteiger charge is 2.17. The minimum absolute atomic E-state index is 1.00. The molecule has 6 heteroatoms. The van der Waals surface area contributed by atoms with Crippen molar-refractivity contribution in [3.63, 3.8) is 0 Å². The van der Waals surface area contributed by atoms with Gasteiger partial charge in [0.1, 0.15) is 10.0 Å². The second kappa shape index (κ2) is 19.6. The van der Waals surface area contributed by atoms with Crippen molar-refractivity contribution in [3.8, 4) is 43.4 Å². The van der Waals surface area contributed by atoms with E-state index in [1.54, 1.807) is 22.7 Å². The van der Waals surface area contributed by atoms with Crippen LogP contribution in [-0.4, -0.2) is 9.97 Å². The van der Waals surface area contributed by atoms with Gasteiger partial charge in [-0.1, -0.05) is 128 Å². The molecule has 0 bridgehead atoms. The molecule has 11 rings (SSSR count). The summed E-state index contributed by atoms with van der Waals surface area (Å²) in [6.07, 6.45) is 7.60. The summed E-state index contributed by atoms with van der Waals surface area (Å²) in [5, 5.41) is 2.05. The van der Waals surface area contributed by atoms with E-state index in [0.29, 0.717) is 0 Å². The summed E-state index contributed by atoms with van der Waals surface area (Å²) in [6.45, 7) is 4.27. The predicted molar refractivity (Wildman–Crippen MR) is 297 cm³/mol. The molecule has 2 aromatic heterocycles. The molecule has 9 aromatic carbocycles. The van der Waals surface area contributed by atoms with Gasteiger partial charge in [-0.05, 0) is 168 Å². The second-order valence-corrected chi connectivity index (χ2v) is 18.9. The van der Waals surface area contributed by atoms with Crippen molar-refractivity contribution in [2.24, 2.45) is 0 Å². The van der Waals surface area contributed by atoms with Crippen LogP contribution in [0.15, 0.2) is 243 Å². The minimum atomic E-state index is 1.00. The van der Waals surface area contributed by atoms with Crippen LogP contribution in [-0.2, 0) is 0 Å². The lowest BCUT2D eigenvalue weighted by molar-refractivity contribution is 1.22. The first-order chi connectivity index (χ1) is 34.1. The van der Waals surface area contributed by atoms with E-state index in [0.717, 1.165) is 83.8 Å². The summed E-state index contributed by atoms with van der Waals surface area (Å²) in [5.74, 6) is 0. The molecule has 11 aromatic rings. The largest absolute Gasteiger partial charge is 0.311 e. The van der Waals surface area contributed by atoms with Crippen LogP contribution in [0.4, 0.5) is 34.1 Å². The Morgan fingerprint density at radius 2 is 0.725 bits per heavy atom. The summed E-state index contributed by atoms with van der Waals surface area (Å²) < 4.78 is 2.39. The van der Waals surface area contributed by atoms with Crippen LogP contribution in [0.3, 0.4) is 0 Å². The van der Waals surface area contributed by atoms with Gasteiger partial charge in [-0.2, -0.15) is 0 Å². The number of allylic oxidation sites excluding steroid dienone is 4. The molecule has 0 aliphatic rings. The number of fused-ring (bicyclic) bond motifs is 2. The maximum absolute atomic E-state index is 4.94. The van der Waals surface area contributed by atoms with Crippen molar-refractivity contribution in [1.29, 1.82) is 0 Å². The van der Waals surface area contributed by atoms with Crippen LogP contribution in [0.1, 0.15) is 25.8 Å². The van der Waals surface area contributed by atoms with E-state index >= 15 is 0 Å². The highest BCUT2D eigenvalue weighted by molar-refractivity contribution is 7.22. The molecule has 4 nitrogen and oxygen atoms in total. The van der Waals surface area contributed by atoms with Crippen LogP contribution in [0.2, 0.25) is 0 Å². The SMILES string of the molecule is C/C=C(\C=C/CC)c1ccc(N(c2ccc(-c3ccc(N(c4ccc(-c5ccccc5)cc4)c4ccc(-c5nc6ccccc6s5)cc4)cc3)cc2)c2ccc(-c3nc4ccccc4s3)cc2)cc1. The number of para-hydroxylation sites is 2. The first kappa shape index (κ1) is 43.4. The van der Waals surface area contributed by atoms with Gasteiger partial charge in [-0.3, -0.25) is 0 Å². The van der Waals surface area contributed by atoms with Gasteiger partial charge in [-0.25, -0.2) is 9.97 Å². The monoisotopic (exact) mass is 924 g/mol. The van der Waals surface area contributed by atoms with Crippen molar-refractivity contribution in [2.75, 3.05) is 9.80 Å². The molecule has 2 heterocycles. The van der Waals surface area contributed by atoms with Crippen LogP contribution in [0.25, 0.3) is 69.4 Å².